The minimum Gasteiger partial charge on any atom is -0.480 e. The minimum absolute atomic E-state index is 0.101. The normalized spacial score (nSPS) is 26.3. The molecular formula is C17H24N5O8S+. The number of sulfone groups is 1. The summed E-state index contributed by atoms with van der Waals surface area (Å²) in [5.41, 5.74) is 0. The van der Waals surface area contributed by atoms with Crippen LogP contribution in [0.1, 0.15) is 31.5 Å². The lowest BCUT2D eigenvalue weighted by atomic mass is 9.96. The van der Waals surface area contributed by atoms with Crippen molar-refractivity contribution in [3.63, 3.8) is 0 Å². The zero-order valence-corrected chi connectivity index (χ0v) is 17.9. The van der Waals surface area contributed by atoms with Gasteiger partial charge in [0, 0.05) is 6.54 Å². The molecular weight excluding hydrogens is 434 g/mol. The Labute approximate surface area is 177 Å². The smallest absolute Gasteiger partial charge is 0.348 e. The number of rotatable bonds is 9. The molecule has 14 heteroatoms. The number of nitrogens with zero attached hydrogens (tertiary/aromatic N) is 4. The fourth-order valence-electron chi connectivity index (χ4n) is 3.85. The van der Waals surface area contributed by atoms with Gasteiger partial charge in [0.15, 0.2) is 28.3 Å². The number of aliphatic carboxylic acids is 1. The highest BCUT2D eigenvalue weighted by Gasteiger charge is 2.71. The van der Waals surface area contributed by atoms with Gasteiger partial charge in [-0.15, -0.1) is 4.68 Å². The Morgan fingerprint density at radius 1 is 1.42 bits per heavy atom. The first kappa shape index (κ1) is 22.8. The van der Waals surface area contributed by atoms with Gasteiger partial charge in [0.25, 0.3) is 0 Å². The van der Waals surface area contributed by atoms with Crippen LogP contribution in [0.2, 0.25) is 0 Å². The maximum Gasteiger partial charge on any atom is 0.348 e. The van der Waals surface area contributed by atoms with Gasteiger partial charge in [0.2, 0.25) is 5.91 Å². The molecule has 13 nitrogen and oxygen atoms in total. The molecule has 3 atom stereocenters. The van der Waals surface area contributed by atoms with E-state index in [9.17, 15) is 32.7 Å². The van der Waals surface area contributed by atoms with Gasteiger partial charge in [-0.3, -0.25) is 9.59 Å². The molecule has 0 aliphatic carbocycles. The summed E-state index contributed by atoms with van der Waals surface area (Å²) in [5.74, 6) is -2.79. The molecule has 3 rings (SSSR count). The second-order valence-corrected chi connectivity index (χ2v) is 10.1. The van der Waals surface area contributed by atoms with Crippen LogP contribution in [0.3, 0.4) is 0 Å². The first-order valence-corrected chi connectivity index (χ1v) is 11.2. The predicted molar refractivity (Wildman–Crippen MR) is 101 cm³/mol. The molecule has 0 spiro atoms. The molecule has 0 saturated carbocycles. The summed E-state index contributed by atoms with van der Waals surface area (Å²) in [4.78, 5) is 48.0. The Hall–Kier alpha value is -2.87. The number of nitrogens with one attached hydrogen (secondary N) is 1. The van der Waals surface area contributed by atoms with Gasteiger partial charge < -0.3 is 20.1 Å². The number of hydrogen-bond acceptors (Lipinski definition) is 9. The van der Waals surface area contributed by atoms with Crippen molar-refractivity contribution in [1.29, 1.82) is 0 Å². The molecule has 170 valence electrons. The monoisotopic (exact) mass is 458 g/mol. The van der Waals surface area contributed by atoms with Crippen LogP contribution in [-0.4, -0.2) is 87.9 Å². The minimum atomic E-state index is -3.98. The van der Waals surface area contributed by atoms with E-state index in [0.717, 1.165) is 9.58 Å². The molecule has 2 saturated heterocycles. The summed E-state index contributed by atoms with van der Waals surface area (Å²) in [6.07, 6.45) is 2.53. The summed E-state index contributed by atoms with van der Waals surface area (Å²) >= 11 is 0. The van der Waals surface area contributed by atoms with E-state index in [1.165, 1.54) is 24.0 Å². The Bertz CT molecular complexity index is 1020. The number of carbonyl (C=O) groups excluding carboxylic acids is 3. The van der Waals surface area contributed by atoms with Gasteiger partial charge in [-0.1, -0.05) is 4.68 Å². The van der Waals surface area contributed by atoms with Crippen LogP contribution in [0.5, 0.6) is 0 Å². The fraction of sp³-hybridized carbons (Fsp3) is 0.647. The Kier molecular flexibility index (Phi) is 6.14. The highest BCUT2D eigenvalue weighted by Crippen LogP contribution is 2.46. The van der Waals surface area contributed by atoms with E-state index in [1.807, 2.05) is 0 Å². The SMILES string of the molecule is CCOC(=O)CCNCC(=O)[n+]1ccn(C[C@@]2(C)[C@H](C(=O)O)N3C(=O)C[C@H]3S2(=O)=O)n1. The van der Waals surface area contributed by atoms with Gasteiger partial charge in [-0.2, -0.15) is 0 Å². The first-order valence-electron chi connectivity index (χ1n) is 9.65. The second-order valence-electron chi connectivity index (χ2n) is 7.51. The zero-order valence-electron chi connectivity index (χ0n) is 17.1. The summed E-state index contributed by atoms with van der Waals surface area (Å²) in [7, 11) is -3.98. The maximum absolute atomic E-state index is 12.9. The largest absolute Gasteiger partial charge is 0.480 e. The number of carbonyl (C=O) groups is 4. The topological polar surface area (TPSA) is 169 Å². The third-order valence-corrected chi connectivity index (χ3v) is 8.22. The number of β-lactam (4-membered cyclic amide) rings is 1. The van der Waals surface area contributed by atoms with Crippen LogP contribution in [-0.2, 0) is 35.5 Å². The van der Waals surface area contributed by atoms with Crippen molar-refractivity contribution >= 4 is 33.6 Å². The van der Waals surface area contributed by atoms with Crippen molar-refractivity contribution in [3.8, 4) is 0 Å². The molecule has 3 heterocycles. The van der Waals surface area contributed by atoms with Gasteiger partial charge in [-0.25, -0.2) is 18.0 Å². The molecule has 2 aliphatic heterocycles. The first-order chi connectivity index (χ1) is 14.5. The Balaban J connectivity index is 1.67. The lowest BCUT2D eigenvalue weighted by molar-refractivity contribution is -0.639. The molecule has 0 unspecified atom stereocenters. The van der Waals surface area contributed by atoms with Gasteiger partial charge in [-0.05, 0) is 13.8 Å². The van der Waals surface area contributed by atoms with E-state index in [-0.39, 0.29) is 45.1 Å². The van der Waals surface area contributed by atoms with Crippen molar-refractivity contribution in [2.75, 3.05) is 19.7 Å². The summed E-state index contributed by atoms with van der Waals surface area (Å²) < 4.78 is 31.0. The number of ether oxygens (including phenoxy) is 1. The van der Waals surface area contributed by atoms with E-state index in [2.05, 4.69) is 10.5 Å². The molecule has 31 heavy (non-hydrogen) atoms. The van der Waals surface area contributed by atoms with E-state index < -0.39 is 43.8 Å². The molecule has 1 amide bonds. The maximum atomic E-state index is 12.9. The van der Waals surface area contributed by atoms with Crippen molar-refractivity contribution < 1.29 is 42.1 Å². The standard InChI is InChI=1S/C17H23N5O8S/c1-3-30-14(25)4-5-18-9-12(24)21-7-6-20(19-21)10-17(2)15(16(26)27)22-11(23)8-13(22)31(17,28)29/h6-7,13,15,18H,3-5,8-10H2,1-2H3/p+1/t13-,15+,17+/m1/s1. The molecule has 1 aromatic rings. The fourth-order valence-corrected chi connectivity index (χ4v) is 6.21. The highest BCUT2D eigenvalue weighted by atomic mass is 32.2. The van der Waals surface area contributed by atoms with E-state index in [1.54, 1.807) is 6.92 Å². The van der Waals surface area contributed by atoms with Crippen LogP contribution in [0.25, 0.3) is 0 Å². The van der Waals surface area contributed by atoms with Crippen LogP contribution in [0, 0.1) is 0 Å². The molecule has 2 fully saturated rings. The van der Waals surface area contributed by atoms with Crippen molar-refractivity contribution in [1.82, 2.24) is 20.1 Å². The van der Waals surface area contributed by atoms with Crippen molar-refractivity contribution in [3.05, 3.63) is 12.4 Å². The molecule has 1 aromatic heterocycles. The quantitative estimate of drug-likeness (QED) is 0.175. The third-order valence-electron chi connectivity index (χ3n) is 5.46. The number of carboxylic acid groups (broad SMARTS) is 1. The van der Waals surface area contributed by atoms with Gasteiger partial charge in [0.1, 0.15) is 23.2 Å². The van der Waals surface area contributed by atoms with Crippen LogP contribution in [0.15, 0.2) is 12.4 Å². The number of hydrogen-bond donors (Lipinski definition) is 2. The molecule has 0 bridgehead atoms. The number of aromatic nitrogens is 3. The average Bonchev–Trinajstić information content (AvgIpc) is 3.19. The Morgan fingerprint density at radius 2 is 2.13 bits per heavy atom. The number of fused-ring (bicyclic) bond motifs is 1. The lowest BCUT2D eigenvalue weighted by Crippen LogP contribution is -2.58. The molecule has 0 radical (unpaired) electrons. The average molecular weight is 458 g/mol. The predicted octanol–water partition coefficient (Wildman–Crippen LogP) is -2.45. The van der Waals surface area contributed by atoms with Crippen LogP contribution >= 0.6 is 0 Å². The van der Waals surface area contributed by atoms with Crippen molar-refractivity contribution in [2.45, 2.75) is 49.4 Å². The van der Waals surface area contributed by atoms with E-state index >= 15 is 0 Å². The Morgan fingerprint density at radius 3 is 2.74 bits per heavy atom. The zero-order chi connectivity index (χ0) is 23.0. The van der Waals surface area contributed by atoms with Gasteiger partial charge >= 0.3 is 17.8 Å². The molecule has 0 aromatic carbocycles. The lowest BCUT2D eigenvalue weighted by Gasteiger charge is -2.35. The van der Waals surface area contributed by atoms with Crippen LogP contribution < -0.4 is 10.00 Å². The van der Waals surface area contributed by atoms with Crippen LogP contribution in [0.4, 0.5) is 0 Å². The number of amides is 1. The van der Waals surface area contributed by atoms with Crippen molar-refractivity contribution in [2.24, 2.45) is 0 Å². The number of carboxylic acids is 1. The highest BCUT2D eigenvalue weighted by molar-refractivity contribution is 7.93. The summed E-state index contributed by atoms with van der Waals surface area (Å²) in [6.45, 7) is 3.00. The molecule has 2 N–H and O–H groups in total. The second kappa shape index (κ2) is 8.34. The van der Waals surface area contributed by atoms with E-state index in [4.69, 9.17) is 4.74 Å². The molecule has 2 aliphatic rings. The van der Waals surface area contributed by atoms with Gasteiger partial charge in [0.05, 0.1) is 24.7 Å². The number of esters is 1. The van der Waals surface area contributed by atoms with E-state index in [0.29, 0.717) is 0 Å². The summed E-state index contributed by atoms with van der Waals surface area (Å²) in [5, 5.41) is 15.2. The summed E-state index contributed by atoms with van der Waals surface area (Å²) in [6, 6.07) is -1.54. The third kappa shape index (κ3) is 3.92.